The van der Waals surface area contributed by atoms with Gasteiger partial charge in [-0.2, -0.15) is 0 Å². The topological polar surface area (TPSA) is 27.1 Å². The molecule has 40 heavy (non-hydrogen) atoms. The Morgan fingerprint density at radius 3 is 1.55 bits per heavy atom. The summed E-state index contributed by atoms with van der Waals surface area (Å²) < 4.78 is 4.50. The van der Waals surface area contributed by atoms with Crippen LogP contribution >= 0.6 is 0 Å². The van der Waals surface area contributed by atoms with Crippen molar-refractivity contribution in [1.29, 1.82) is 0 Å². The van der Waals surface area contributed by atoms with Gasteiger partial charge in [0.05, 0.1) is 28.6 Å². The molecular weight excluding hydrogens is 488 g/mol. The molecule has 0 spiro atoms. The van der Waals surface area contributed by atoms with Crippen LogP contribution in [0.5, 0.6) is 0 Å². The van der Waals surface area contributed by atoms with Crippen molar-refractivity contribution in [2.75, 3.05) is 0 Å². The molecule has 3 aromatic heterocycles. The first-order chi connectivity index (χ1) is 19.8. The first kappa shape index (κ1) is 22.3. The Balaban J connectivity index is 1.36. The second kappa shape index (κ2) is 8.69. The Kier molecular flexibility index (Phi) is 4.85. The Hall–Kier alpha value is -5.66. The largest absolute Gasteiger partial charge is 0.309 e. The van der Waals surface area contributed by atoms with Crippen molar-refractivity contribution in [1.82, 2.24) is 14.1 Å². The Morgan fingerprint density at radius 2 is 1.02 bits per heavy atom. The maximum Gasteiger partial charge on any atom is 0.195 e. The molecule has 0 fully saturated rings. The second-order valence-electron chi connectivity index (χ2n) is 9.96. The minimum absolute atomic E-state index is 0.615. The van der Waals surface area contributed by atoms with Crippen molar-refractivity contribution >= 4 is 49.3 Å². The van der Waals surface area contributed by atoms with Crippen LogP contribution in [0.25, 0.3) is 71.1 Å². The lowest BCUT2D eigenvalue weighted by atomic mass is 10.0. The number of fused-ring (bicyclic) bond motifs is 6. The quantitative estimate of drug-likeness (QED) is 0.217. The van der Waals surface area contributed by atoms with Crippen molar-refractivity contribution < 1.29 is 0 Å². The van der Waals surface area contributed by atoms with E-state index in [4.69, 9.17) is 11.6 Å². The highest BCUT2D eigenvalue weighted by Gasteiger charge is 2.16. The number of hydrogen-bond acceptors (Lipinski definition) is 1. The summed E-state index contributed by atoms with van der Waals surface area (Å²) in [6, 6.07) is 44.0. The summed E-state index contributed by atoms with van der Waals surface area (Å²) in [6.45, 7) is 7.95. The highest BCUT2D eigenvalue weighted by Crippen LogP contribution is 2.38. The lowest BCUT2D eigenvalue weighted by Crippen LogP contribution is -1.98. The Bertz CT molecular complexity index is 2190. The predicted molar refractivity (Wildman–Crippen MR) is 165 cm³/mol. The van der Waals surface area contributed by atoms with Crippen molar-refractivity contribution in [3.05, 3.63) is 145 Å². The molecule has 0 atom stereocenters. The van der Waals surface area contributed by atoms with Crippen LogP contribution < -0.4 is 0 Å². The molecule has 0 saturated heterocycles. The van der Waals surface area contributed by atoms with Crippen LogP contribution in [-0.2, 0) is 0 Å². The van der Waals surface area contributed by atoms with Crippen molar-refractivity contribution in [2.24, 2.45) is 0 Å². The Labute approximate surface area is 230 Å². The number of aromatic nitrogens is 3. The minimum Gasteiger partial charge on any atom is -0.309 e. The lowest BCUT2D eigenvalue weighted by molar-refractivity contribution is 1.08. The van der Waals surface area contributed by atoms with E-state index in [2.05, 4.69) is 123 Å². The molecule has 4 nitrogen and oxygen atoms in total. The number of benzene rings is 5. The molecule has 0 saturated carbocycles. The maximum absolute atomic E-state index is 7.95. The summed E-state index contributed by atoms with van der Waals surface area (Å²) >= 11 is 0. The van der Waals surface area contributed by atoms with Crippen LogP contribution in [0, 0.1) is 6.57 Å². The van der Waals surface area contributed by atoms with E-state index in [-0.39, 0.29) is 0 Å². The number of pyridine rings is 1. The van der Waals surface area contributed by atoms with Gasteiger partial charge in [0.15, 0.2) is 5.69 Å². The molecule has 4 heteroatoms. The van der Waals surface area contributed by atoms with E-state index < -0.39 is 0 Å². The second-order valence-corrected chi connectivity index (χ2v) is 9.96. The fraction of sp³-hybridized carbons (Fsp3) is 0. The average Bonchev–Trinajstić information content (AvgIpc) is 3.54. The molecule has 0 amide bonds. The fourth-order valence-electron chi connectivity index (χ4n) is 6.07. The molecule has 5 aromatic carbocycles. The Morgan fingerprint density at radius 1 is 0.525 bits per heavy atom. The van der Waals surface area contributed by atoms with Crippen LogP contribution in [-0.4, -0.2) is 14.1 Å². The summed E-state index contributed by atoms with van der Waals surface area (Å²) in [5, 5.41) is 4.82. The number of hydrogen-bond donors (Lipinski definition) is 0. The summed E-state index contributed by atoms with van der Waals surface area (Å²) in [5.41, 5.74) is 7.99. The van der Waals surface area contributed by atoms with Gasteiger partial charge in [-0.05, 0) is 59.7 Å². The molecule has 0 bridgehead atoms. The van der Waals surface area contributed by atoms with Gasteiger partial charge in [0, 0.05) is 33.4 Å². The minimum atomic E-state index is 0.615. The summed E-state index contributed by atoms with van der Waals surface area (Å²) in [4.78, 5) is 8.70. The van der Waals surface area contributed by atoms with Crippen LogP contribution in [0.4, 0.5) is 5.69 Å². The number of rotatable bonds is 3. The molecule has 0 unspecified atom stereocenters. The molecular formula is C36H22N4. The van der Waals surface area contributed by atoms with E-state index in [1.165, 1.54) is 21.5 Å². The van der Waals surface area contributed by atoms with Crippen molar-refractivity contribution in [3.8, 4) is 22.6 Å². The average molecular weight is 511 g/mol. The standard InChI is InChI=1S/C36H22N4/c1-37-31-19-18-25(39-32-14-6-2-10-26(32)27-11-3-7-15-33(27)39)23-30(31)24-20-21-38-36(22-24)40-34-16-8-4-12-28(34)29-13-5-9-17-35(29)40/h2-23H. The molecule has 0 aliphatic carbocycles. The smallest absolute Gasteiger partial charge is 0.195 e. The van der Waals surface area contributed by atoms with E-state index in [0.717, 1.165) is 44.7 Å². The fourth-order valence-corrected chi connectivity index (χ4v) is 6.07. The SMILES string of the molecule is [C-]#[N+]c1ccc(-n2c3ccccc3c3ccccc32)cc1-c1ccnc(-n2c3ccccc3c3ccccc32)c1. The third kappa shape index (κ3) is 3.22. The summed E-state index contributed by atoms with van der Waals surface area (Å²) in [5.74, 6) is 0.827. The van der Waals surface area contributed by atoms with Crippen LogP contribution in [0.3, 0.4) is 0 Å². The number of para-hydroxylation sites is 4. The van der Waals surface area contributed by atoms with Gasteiger partial charge in [-0.1, -0.05) is 78.9 Å². The third-order valence-electron chi connectivity index (χ3n) is 7.80. The monoisotopic (exact) mass is 510 g/mol. The van der Waals surface area contributed by atoms with Gasteiger partial charge in [-0.25, -0.2) is 9.83 Å². The van der Waals surface area contributed by atoms with Gasteiger partial charge < -0.3 is 4.57 Å². The zero-order valence-corrected chi connectivity index (χ0v) is 21.5. The van der Waals surface area contributed by atoms with E-state index in [0.29, 0.717) is 5.69 Å². The number of nitrogens with zero attached hydrogens (tertiary/aromatic N) is 4. The van der Waals surface area contributed by atoms with Gasteiger partial charge in [0.1, 0.15) is 5.82 Å². The van der Waals surface area contributed by atoms with E-state index in [1.807, 2.05) is 24.4 Å². The van der Waals surface area contributed by atoms with E-state index >= 15 is 0 Å². The molecule has 0 aliphatic heterocycles. The van der Waals surface area contributed by atoms with Gasteiger partial charge in [-0.15, -0.1) is 0 Å². The van der Waals surface area contributed by atoms with E-state index in [1.54, 1.807) is 0 Å². The first-order valence-electron chi connectivity index (χ1n) is 13.3. The zero-order valence-electron chi connectivity index (χ0n) is 21.5. The highest BCUT2D eigenvalue weighted by molar-refractivity contribution is 6.10. The van der Waals surface area contributed by atoms with Crippen molar-refractivity contribution in [3.63, 3.8) is 0 Å². The zero-order chi connectivity index (χ0) is 26.6. The lowest BCUT2D eigenvalue weighted by Gasteiger charge is -2.13. The molecule has 8 rings (SSSR count). The maximum atomic E-state index is 7.95. The molecule has 0 radical (unpaired) electrons. The van der Waals surface area contributed by atoms with E-state index in [9.17, 15) is 0 Å². The summed E-state index contributed by atoms with van der Waals surface area (Å²) in [7, 11) is 0. The molecule has 186 valence electrons. The van der Waals surface area contributed by atoms with Gasteiger partial charge in [0.2, 0.25) is 0 Å². The highest BCUT2D eigenvalue weighted by atomic mass is 15.1. The predicted octanol–water partition coefficient (Wildman–Crippen LogP) is 9.49. The molecule has 0 N–H and O–H groups in total. The molecule has 0 aliphatic rings. The summed E-state index contributed by atoms with van der Waals surface area (Å²) in [6.07, 6.45) is 1.84. The van der Waals surface area contributed by atoms with Crippen LogP contribution in [0.2, 0.25) is 0 Å². The normalized spacial score (nSPS) is 11.5. The molecule has 3 heterocycles. The first-order valence-corrected chi connectivity index (χ1v) is 13.3. The van der Waals surface area contributed by atoms with Crippen LogP contribution in [0.15, 0.2) is 134 Å². The van der Waals surface area contributed by atoms with Gasteiger partial charge in [-0.3, -0.25) is 4.57 Å². The van der Waals surface area contributed by atoms with Crippen molar-refractivity contribution in [2.45, 2.75) is 0 Å². The van der Waals surface area contributed by atoms with Crippen LogP contribution in [0.1, 0.15) is 0 Å². The molecule has 8 aromatic rings. The third-order valence-corrected chi connectivity index (χ3v) is 7.80. The van der Waals surface area contributed by atoms with Gasteiger partial charge in [0.25, 0.3) is 0 Å². The van der Waals surface area contributed by atoms with Gasteiger partial charge >= 0.3 is 0 Å².